The molecule has 0 unspecified atom stereocenters. The van der Waals surface area contributed by atoms with Crippen LogP contribution in [-0.4, -0.2) is 35.1 Å². The average molecular weight is 272 g/mol. The fourth-order valence-electron chi connectivity index (χ4n) is 2.27. The van der Waals surface area contributed by atoms with Crippen LogP contribution < -0.4 is 0 Å². The van der Waals surface area contributed by atoms with Gasteiger partial charge in [0.05, 0.1) is 23.2 Å². The second-order valence-electron chi connectivity index (χ2n) is 4.56. The van der Waals surface area contributed by atoms with Crippen LogP contribution in [0.3, 0.4) is 0 Å². The van der Waals surface area contributed by atoms with E-state index in [2.05, 4.69) is 0 Å². The Balaban J connectivity index is 2.31. The van der Waals surface area contributed by atoms with Crippen molar-refractivity contribution in [2.75, 3.05) is 13.2 Å². The number of aliphatic hydroxyl groups is 1. The molecule has 1 aromatic rings. The van der Waals surface area contributed by atoms with E-state index in [1.165, 1.54) is 6.07 Å². The molecule has 0 radical (unpaired) electrons. The van der Waals surface area contributed by atoms with Crippen molar-refractivity contribution in [1.29, 1.82) is 0 Å². The third-order valence-corrected chi connectivity index (χ3v) is 3.64. The summed E-state index contributed by atoms with van der Waals surface area (Å²) in [6.45, 7) is 2.15. The number of nitrogens with zero attached hydrogens (tertiary/aromatic N) is 1. The number of carbonyl (C=O) groups is 1. The highest BCUT2D eigenvalue weighted by Crippen LogP contribution is 2.25. The quantitative estimate of drug-likeness (QED) is 0.897. The lowest BCUT2D eigenvalue weighted by molar-refractivity contribution is 0.0677. The zero-order valence-electron chi connectivity index (χ0n) is 10.1. The molecule has 1 amide bonds. The first-order valence-corrected chi connectivity index (χ1v) is 6.30. The molecule has 3 nitrogen and oxygen atoms in total. The number of hydrogen-bond acceptors (Lipinski definition) is 2. The lowest BCUT2D eigenvalue weighted by Crippen LogP contribution is -2.37. The highest BCUT2D eigenvalue weighted by atomic mass is 35.5. The van der Waals surface area contributed by atoms with Gasteiger partial charge >= 0.3 is 0 Å². The minimum absolute atomic E-state index is 0.0520. The van der Waals surface area contributed by atoms with Gasteiger partial charge in [-0.1, -0.05) is 11.6 Å². The maximum atomic E-state index is 13.3. The number of carbonyl (C=O) groups excluding carboxylic acids is 1. The van der Waals surface area contributed by atoms with Gasteiger partial charge in [-0.15, -0.1) is 0 Å². The van der Waals surface area contributed by atoms with Crippen molar-refractivity contribution >= 4 is 17.5 Å². The number of rotatable bonds is 2. The predicted molar refractivity (Wildman–Crippen MR) is 67.3 cm³/mol. The largest absolute Gasteiger partial charge is 0.394 e. The van der Waals surface area contributed by atoms with Crippen molar-refractivity contribution < 1.29 is 14.3 Å². The van der Waals surface area contributed by atoms with E-state index in [9.17, 15) is 14.3 Å². The number of aliphatic hydroxyl groups excluding tert-OH is 1. The third kappa shape index (κ3) is 2.35. The van der Waals surface area contributed by atoms with E-state index in [0.29, 0.717) is 17.7 Å². The summed E-state index contributed by atoms with van der Waals surface area (Å²) in [7, 11) is 0. The SMILES string of the molecule is Cc1cc(C(=O)N2CCC[C@@H]2CO)c(Cl)cc1F. The summed E-state index contributed by atoms with van der Waals surface area (Å²) in [6.07, 6.45) is 1.66. The molecule has 0 saturated carbocycles. The average Bonchev–Trinajstić information content (AvgIpc) is 2.81. The van der Waals surface area contributed by atoms with Crippen molar-refractivity contribution in [2.24, 2.45) is 0 Å². The van der Waals surface area contributed by atoms with Crippen molar-refractivity contribution in [3.05, 3.63) is 34.1 Å². The van der Waals surface area contributed by atoms with Crippen LogP contribution in [0.25, 0.3) is 0 Å². The molecule has 1 heterocycles. The number of amides is 1. The van der Waals surface area contributed by atoms with Gasteiger partial charge in [0.25, 0.3) is 5.91 Å². The van der Waals surface area contributed by atoms with Crippen LogP contribution >= 0.6 is 11.6 Å². The van der Waals surface area contributed by atoms with Gasteiger partial charge in [-0.05, 0) is 37.5 Å². The maximum absolute atomic E-state index is 13.3. The molecule has 1 aromatic carbocycles. The Bertz CT molecular complexity index is 478. The predicted octanol–water partition coefficient (Wildman–Crippen LogP) is 2.38. The number of hydrogen-bond donors (Lipinski definition) is 1. The Kier molecular flexibility index (Phi) is 3.88. The Hall–Kier alpha value is -1.13. The summed E-state index contributed by atoms with van der Waals surface area (Å²) in [5, 5.41) is 9.33. The summed E-state index contributed by atoms with van der Waals surface area (Å²) < 4.78 is 13.3. The highest BCUT2D eigenvalue weighted by Gasteiger charge is 2.30. The van der Waals surface area contributed by atoms with E-state index in [4.69, 9.17) is 11.6 Å². The van der Waals surface area contributed by atoms with Crippen LogP contribution in [0, 0.1) is 12.7 Å². The summed E-state index contributed by atoms with van der Waals surface area (Å²) >= 11 is 5.92. The first-order chi connectivity index (χ1) is 8.54. The zero-order valence-corrected chi connectivity index (χ0v) is 10.9. The monoisotopic (exact) mass is 271 g/mol. The molecular weight excluding hydrogens is 257 g/mol. The molecule has 0 aromatic heterocycles. The Morgan fingerprint density at radius 2 is 2.33 bits per heavy atom. The summed E-state index contributed by atoms with van der Waals surface area (Å²) in [5.74, 6) is -0.656. The number of halogens is 2. The van der Waals surface area contributed by atoms with Crippen LogP contribution in [0.2, 0.25) is 5.02 Å². The lowest BCUT2D eigenvalue weighted by atomic mass is 10.1. The molecule has 1 N–H and O–H groups in total. The fourth-order valence-corrected chi connectivity index (χ4v) is 2.50. The molecule has 1 aliphatic rings. The summed E-state index contributed by atoms with van der Waals surface area (Å²) in [5.41, 5.74) is 0.693. The van der Waals surface area contributed by atoms with E-state index in [-0.39, 0.29) is 23.6 Å². The minimum atomic E-state index is -0.420. The zero-order chi connectivity index (χ0) is 13.3. The topological polar surface area (TPSA) is 40.5 Å². The molecule has 0 bridgehead atoms. The van der Waals surface area contributed by atoms with E-state index >= 15 is 0 Å². The molecule has 18 heavy (non-hydrogen) atoms. The summed E-state index contributed by atoms with van der Waals surface area (Å²) in [6, 6.07) is 2.47. The molecule has 1 fully saturated rings. The molecule has 1 aliphatic heterocycles. The van der Waals surface area contributed by atoms with E-state index in [1.54, 1.807) is 11.8 Å². The molecule has 1 saturated heterocycles. The molecule has 5 heteroatoms. The third-order valence-electron chi connectivity index (χ3n) is 3.33. The molecule has 2 rings (SSSR count). The van der Waals surface area contributed by atoms with Crippen molar-refractivity contribution in [3.63, 3.8) is 0 Å². The molecule has 0 spiro atoms. The molecular formula is C13H15ClFNO2. The Morgan fingerprint density at radius 3 is 3.00 bits per heavy atom. The van der Waals surface area contributed by atoms with E-state index in [1.807, 2.05) is 0 Å². The lowest BCUT2D eigenvalue weighted by Gasteiger charge is -2.23. The molecule has 1 atom stereocenters. The van der Waals surface area contributed by atoms with Crippen LogP contribution in [0.5, 0.6) is 0 Å². The van der Waals surface area contributed by atoms with Gasteiger partial charge in [-0.25, -0.2) is 4.39 Å². The van der Waals surface area contributed by atoms with Gasteiger partial charge in [0, 0.05) is 6.54 Å². The van der Waals surface area contributed by atoms with E-state index < -0.39 is 5.82 Å². The smallest absolute Gasteiger partial charge is 0.255 e. The normalized spacial score (nSPS) is 19.3. The number of likely N-dealkylation sites (tertiary alicyclic amines) is 1. The van der Waals surface area contributed by atoms with Crippen molar-refractivity contribution in [2.45, 2.75) is 25.8 Å². The van der Waals surface area contributed by atoms with Gasteiger partial charge in [-0.3, -0.25) is 4.79 Å². The Morgan fingerprint density at radius 1 is 1.61 bits per heavy atom. The number of aryl methyl sites for hydroxylation is 1. The Labute approximate surface area is 110 Å². The maximum Gasteiger partial charge on any atom is 0.255 e. The van der Waals surface area contributed by atoms with Crippen LogP contribution in [0.15, 0.2) is 12.1 Å². The van der Waals surface area contributed by atoms with Crippen LogP contribution in [0.1, 0.15) is 28.8 Å². The first-order valence-electron chi connectivity index (χ1n) is 5.92. The fraction of sp³-hybridized carbons (Fsp3) is 0.462. The first kappa shape index (κ1) is 13.3. The van der Waals surface area contributed by atoms with Crippen molar-refractivity contribution in [1.82, 2.24) is 4.90 Å². The summed E-state index contributed by atoms with van der Waals surface area (Å²) in [4.78, 5) is 13.9. The van der Waals surface area contributed by atoms with Crippen molar-refractivity contribution in [3.8, 4) is 0 Å². The van der Waals surface area contributed by atoms with Gasteiger partial charge in [0.15, 0.2) is 0 Å². The second-order valence-corrected chi connectivity index (χ2v) is 4.97. The van der Waals surface area contributed by atoms with Crippen LogP contribution in [0.4, 0.5) is 4.39 Å². The highest BCUT2D eigenvalue weighted by molar-refractivity contribution is 6.33. The second kappa shape index (κ2) is 5.24. The molecule has 0 aliphatic carbocycles. The van der Waals surface area contributed by atoms with Gasteiger partial charge < -0.3 is 10.0 Å². The number of benzene rings is 1. The van der Waals surface area contributed by atoms with Gasteiger partial charge in [0.1, 0.15) is 5.82 Å². The minimum Gasteiger partial charge on any atom is -0.394 e. The van der Waals surface area contributed by atoms with Gasteiger partial charge in [-0.2, -0.15) is 0 Å². The standard InChI is InChI=1S/C13H15ClFNO2/c1-8-5-10(11(14)6-12(8)15)13(18)16-4-2-3-9(16)7-17/h5-6,9,17H,2-4,7H2,1H3/t9-/m1/s1. The van der Waals surface area contributed by atoms with Crippen LogP contribution in [-0.2, 0) is 0 Å². The van der Waals surface area contributed by atoms with E-state index in [0.717, 1.165) is 18.9 Å². The van der Waals surface area contributed by atoms with Gasteiger partial charge in [0.2, 0.25) is 0 Å². The molecule has 98 valence electrons.